The highest BCUT2D eigenvalue weighted by Gasteiger charge is 2.42. The van der Waals surface area contributed by atoms with Crippen molar-refractivity contribution in [2.24, 2.45) is 5.41 Å². The van der Waals surface area contributed by atoms with Crippen LogP contribution >= 0.6 is 0 Å². The van der Waals surface area contributed by atoms with Crippen molar-refractivity contribution in [3.63, 3.8) is 0 Å². The Balaban J connectivity index is 2.34. The fourth-order valence-electron chi connectivity index (χ4n) is 2.99. The van der Waals surface area contributed by atoms with E-state index >= 15 is 0 Å². The third kappa shape index (κ3) is 4.78. The maximum absolute atomic E-state index is 11.9. The molecule has 0 aliphatic heterocycles. The van der Waals surface area contributed by atoms with E-state index in [1.807, 2.05) is 0 Å². The fraction of sp³-hybridized carbons (Fsp3) is 0.867. The van der Waals surface area contributed by atoms with E-state index in [9.17, 15) is 14.7 Å². The molecule has 0 aromatic rings. The van der Waals surface area contributed by atoms with Gasteiger partial charge in [0.2, 0.25) is 5.91 Å². The minimum atomic E-state index is -0.814. The van der Waals surface area contributed by atoms with Crippen LogP contribution in [0.2, 0.25) is 0 Å². The van der Waals surface area contributed by atoms with Crippen LogP contribution in [-0.2, 0) is 9.59 Å². The predicted molar refractivity (Wildman–Crippen MR) is 78.6 cm³/mol. The minimum absolute atomic E-state index is 0.123. The highest BCUT2D eigenvalue weighted by atomic mass is 16.4. The number of rotatable bonds is 9. The number of hydrogen-bond acceptors (Lipinski definition) is 3. The lowest BCUT2D eigenvalue weighted by molar-refractivity contribution is -0.151. The molecule has 0 saturated heterocycles. The Labute approximate surface area is 121 Å². The van der Waals surface area contributed by atoms with Gasteiger partial charge in [0.05, 0.1) is 5.41 Å². The van der Waals surface area contributed by atoms with Crippen molar-refractivity contribution in [1.82, 2.24) is 10.2 Å². The number of carbonyl (C=O) groups excluding carboxylic acids is 1. The standard InChI is InChI=1S/C15H28N2O3/c1-3-10-17(4-2)11-9-16-13(18)12-15(14(19)20)7-5-6-8-15/h3-12H2,1-2H3,(H,16,18)(H,19,20). The van der Waals surface area contributed by atoms with Crippen LogP contribution in [0.15, 0.2) is 0 Å². The Morgan fingerprint density at radius 3 is 2.35 bits per heavy atom. The van der Waals surface area contributed by atoms with Crippen LogP contribution in [0.25, 0.3) is 0 Å². The molecule has 20 heavy (non-hydrogen) atoms. The van der Waals surface area contributed by atoms with E-state index in [4.69, 9.17) is 0 Å². The van der Waals surface area contributed by atoms with E-state index in [0.717, 1.165) is 38.9 Å². The van der Waals surface area contributed by atoms with Crippen LogP contribution in [0, 0.1) is 5.41 Å². The number of nitrogens with one attached hydrogen (secondary N) is 1. The zero-order chi connectivity index (χ0) is 15.0. The van der Waals surface area contributed by atoms with Gasteiger partial charge < -0.3 is 15.3 Å². The van der Waals surface area contributed by atoms with Gasteiger partial charge in [-0.25, -0.2) is 0 Å². The smallest absolute Gasteiger partial charge is 0.310 e. The normalized spacial score (nSPS) is 17.4. The summed E-state index contributed by atoms with van der Waals surface area (Å²) in [7, 11) is 0. The van der Waals surface area contributed by atoms with Gasteiger partial charge in [-0.15, -0.1) is 0 Å². The second-order valence-electron chi connectivity index (χ2n) is 5.75. The number of nitrogens with zero attached hydrogens (tertiary/aromatic N) is 1. The van der Waals surface area contributed by atoms with Gasteiger partial charge in [0.25, 0.3) is 0 Å². The van der Waals surface area contributed by atoms with Gasteiger partial charge in [0.1, 0.15) is 0 Å². The van der Waals surface area contributed by atoms with E-state index in [0.29, 0.717) is 19.4 Å². The third-order valence-corrected chi connectivity index (χ3v) is 4.25. The fourth-order valence-corrected chi connectivity index (χ4v) is 2.99. The average Bonchev–Trinajstić information content (AvgIpc) is 2.87. The lowest BCUT2D eigenvalue weighted by Crippen LogP contribution is -2.39. The SMILES string of the molecule is CCCN(CC)CCNC(=O)CC1(C(=O)O)CCCC1. The van der Waals surface area contributed by atoms with Crippen molar-refractivity contribution in [3.8, 4) is 0 Å². The molecule has 0 bridgehead atoms. The van der Waals surface area contributed by atoms with Crippen molar-refractivity contribution in [1.29, 1.82) is 0 Å². The summed E-state index contributed by atoms with van der Waals surface area (Å²) >= 11 is 0. The van der Waals surface area contributed by atoms with Crippen LogP contribution in [0.3, 0.4) is 0 Å². The average molecular weight is 284 g/mol. The molecule has 0 radical (unpaired) electrons. The maximum Gasteiger partial charge on any atom is 0.310 e. The number of carboxylic acid groups (broad SMARTS) is 1. The molecule has 2 N–H and O–H groups in total. The molecule has 5 nitrogen and oxygen atoms in total. The molecular weight excluding hydrogens is 256 g/mol. The zero-order valence-electron chi connectivity index (χ0n) is 12.8. The Morgan fingerprint density at radius 1 is 1.20 bits per heavy atom. The van der Waals surface area contributed by atoms with Gasteiger partial charge in [-0.2, -0.15) is 0 Å². The lowest BCUT2D eigenvalue weighted by atomic mass is 9.82. The highest BCUT2D eigenvalue weighted by molar-refractivity contribution is 5.85. The predicted octanol–water partition coefficient (Wildman–Crippen LogP) is 1.87. The van der Waals surface area contributed by atoms with Gasteiger partial charge in [-0.05, 0) is 32.4 Å². The van der Waals surface area contributed by atoms with Crippen molar-refractivity contribution >= 4 is 11.9 Å². The van der Waals surface area contributed by atoms with Crippen LogP contribution < -0.4 is 5.32 Å². The van der Waals surface area contributed by atoms with E-state index < -0.39 is 11.4 Å². The molecule has 5 heteroatoms. The van der Waals surface area contributed by atoms with E-state index in [-0.39, 0.29) is 12.3 Å². The second kappa shape index (κ2) is 8.25. The molecule has 0 heterocycles. The van der Waals surface area contributed by atoms with Crippen LogP contribution in [-0.4, -0.2) is 48.1 Å². The summed E-state index contributed by atoms with van der Waals surface area (Å²) in [5.41, 5.74) is -0.808. The third-order valence-electron chi connectivity index (χ3n) is 4.25. The van der Waals surface area contributed by atoms with Gasteiger partial charge in [-0.3, -0.25) is 9.59 Å². The Kier molecular flexibility index (Phi) is 6.99. The summed E-state index contributed by atoms with van der Waals surface area (Å²) in [6, 6.07) is 0. The molecule has 1 aliphatic rings. The molecule has 0 aromatic carbocycles. The number of carbonyl (C=O) groups is 2. The van der Waals surface area contributed by atoms with Gasteiger partial charge >= 0.3 is 5.97 Å². The Hall–Kier alpha value is -1.10. The quantitative estimate of drug-likeness (QED) is 0.678. The molecule has 0 aromatic heterocycles. The number of carboxylic acids is 1. The number of aliphatic carboxylic acids is 1. The summed E-state index contributed by atoms with van der Waals surface area (Å²) in [6.45, 7) is 7.68. The minimum Gasteiger partial charge on any atom is -0.481 e. The monoisotopic (exact) mass is 284 g/mol. The Morgan fingerprint density at radius 2 is 1.85 bits per heavy atom. The maximum atomic E-state index is 11.9. The van der Waals surface area contributed by atoms with Crippen molar-refractivity contribution < 1.29 is 14.7 Å². The molecule has 116 valence electrons. The number of amides is 1. The summed E-state index contributed by atoms with van der Waals surface area (Å²) in [4.78, 5) is 25.6. The first-order valence-corrected chi connectivity index (χ1v) is 7.76. The van der Waals surface area contributed by atoms with Crippen molar-refractivity contribution in [3.05, 3.63) is 0 Å². The zero-order valence-corrected chi connectivity index (χ0v) is 12.8. The van der Waals surface area contributed by atoms with Crippen LogP contribution in [0.1, 0.15) is 52.4 Å². The summed E-state index contributed by atoms with van der Waals surface area (Å²) < 4.78 is 0. The molecule has 1 aliphatic carbocycles. The first-order chi connectivity index (χ1) is 9.54. The summed E-state index contributed by atoms with van der Waals surface area (Å²) in [5.74, 6) is -0.937. The molecule has 1 fully saturated rings. The molecule has 1 saturated carbocycles. The molecule has 0 atom stereocenters. The summed E-state index contributed by atoms with van der Waals surface area (Å²) in [6.07, 6.45) is 4.32. The van der Waals surface area contributed by atoms with Gasteiger partial charge in [0.15, 0.2) is 0 Å². The molecule has 1 amide bonds. The van der Waals surface area contributed by atoms with Crippen LogP contribution in [0.4, 0.5) is 0 Å². The van der Waals surface area contributed by atoms with E-state index in [1.165, 1.54) is 0 Å². The lowest BCUT2D eigenvalue weighted by Gasteiger charge is -2.24. The van der Waals surface area contributed by atoms with Crippen molar-refractivity contribution in [2.45, 2.75) is 52.4 Å². The number of hydrogen-bond donors (Lipinski definition) is 2. The second-order valence-corrected chi connectivity index (χ2v) is 5.75. The topological polar surface area (TPSA) is 69.6 Å². The molecular formula is C15H28N2O3. The molecule has 1 rings (SSSR count). The highest BCUT2D eigenvalue weighted by Crippen LogP contribution is 2.41. The van der Waals surface area contributed by atoms with Gasteiger partial charge in [-0.1, -0.05) is 26.7 Å². The molecule has 0 unspecified atom stereocenters. The van der Waals surface area contributed by atoms with E-state index in [1.54, 1.807) is 0 Å². The first kappa shape index (κ1) is 17.0. The van der Waals surface area contributed by atoms with Crippen LogP contribution in [0.5, 0.6) is 0 Å². The molecule has 0 spiro atoms. The first-order valence-electron chi connectivity index (χ1n) is 7.76. The Bertz CT molecular complexity index is 325. The number of likely N-dealkylation sites (N-methyl/N-ethyl adjacent to an activating group) is 1. The van der Waals surface area contributed by atoms with E-state index in [2.05, 4.69) is 24.1 Å². The van der Waals surface area contributed by atoms with Gasteiger partial charge in [0, 0.05) is 19.5 Å². The summed E-state index contributed by atoms with van der Waals surface area (Å²) in [5, 5.41) is 12.2. The largest absolute Gasteiger partial charge is 0.481 e. The van der Waals surface area contributed by atoms with Crippen molar-refractivity contribution in [2.75, 3.05) is 26.2 Å².